The molecule has 0 saturated carbocycles. The van der Waals surface area contributed by atoms with Crippen molar-refractivity contribution in [1.82, 2.24) is 4.90 Å². The maximum absolute atomic E-state index is 10.6. The summed E-state index contributed by atoms with van der Waals surface area (Å²) in [5.41, 5.74) is 4.88. The van der Waals surface area contributed by atoms with Crippen LogP contribution in [0.25, 0.3) is 0 Å². The fourth-order valence-electron chi connectivity index (χ4n) is 1.54. The highest BCUT2D eigenvalue weighted by molar-refractivity contribution is 5.75. The minimum Gasteiger partial charge on any atom is -0.369 e. The van der Waals surface area contributed by atoms with E-state index in [-0.39, 0.29) is 11.3 Å². The van der Waals surface area contributed by atoms with Crippen LogP contribution in [0.3, 0.4) is 0 Å². The van der Waals surface area contributed by atoms with Gasteiger partial charge in [-0.2, -0.15) is 5.26 Å². The molecule has 4 heteroatoms. The predicted molar refractivity (Wildman–Crippen MR) is 48.6 cm³/mol. The number of likely N-dealkylation sites (tertiary alicyclic amines) is 1. The van der Waals surface area contributed by atoms with Gasteiger partial charge in [-0.25, -0.2) is 0 Å². The number of hydrogen-bond donors (Lipinski definition) is 1. The van der Waals surface area contributed by atoms with Crippen LogP contribution in [-0.2, 0) is 4.79 Å². The zero-order chi connectivity index (χ0) is 9.90. The van der Waals surface area contributed by atoms with Crippen molar-refractivity contribution in [1.29, 1.82) is 5.26 Å². The molecule has 2 N–H and O–H groups in total. The van der Waals surface area contributed by atoms with Crippen LogP contribution >= 0.6 is 0 Å². The van der Waals surface area contributed by atoms with Crippen molar-refractivity contribution in [2.45, 2.75) is 19.8 Å². The zero-order valence-corrected chi connectivity index (χ0v) is 7.92. The van der Waals surface area contributed by atoms with Crippen molar-refractivity contribution in [3.63, 3.8) is 0 Å². The lowest BCUT2D eigenvalue weighted by atomic mass is 9.82. The van der Waals surface area contributed by atoms with Gasteiger partial charge in [-0.15, -0.1) is 0 Å². The number of carbonyl (C=O) groups is 1. The second-order valence-electron chi connectivity index (χ2n) is 3.91. The Balaban J connectivity index is 2.40. The Morgan fingerprint density at radius 1 is 1.62 bits per heavy atom. The van der Waals surface area contributed by atoms with Gasteiger partial charge in [0.25, 0.3) is 0 Å². The molecule has 0 radical (unpaired) electrons. The summed E-state index contributed by atoms with van der Waals surface area (Å²) in [7, 11) is 0. The first-order chi connectivity index (χ1) is 6.06. The van der Waals surface area contributed by atoms with Gasteiger partial charge < -0.3 is 5.73 Å². The Labute approximate surface area is 78.3 Å². The third kappa shape index (κ3) is 2.71. The zero-order valence-electron chi connectivity index (χ0n) is 7.92. The van der Waals surface area contributed by atoms with Gasteiger partial charge in [-0.05, 0) is 19.8 Å². The second kappa shape index (κ2) is 3.75. The van der Waals surface area contributed by atoms with Crippen molar-refractivity contribution < 1.29 is 4.79 Å². The van der Waals surface area contributed by atoms with E-state index in [1.54, 1.807) is 0 Å². The highest BCUT2D eigenvalue weighted by Gasteiger charge is 2.29. The normalized spacial score (nSPS) is 22.2. The number of nitrogens with zero attached hydrogens (tertiary/aromatic N) is 2. The summed E-state index contributed by atoms with van der Waals surface area (Å²) in [6.07, 6.45) is 1.66. The maximum atomic E-state index is 10.6. The van der Waals surface area contributed by atoms with E-state index in [0.29, 0.717) is 6.54 Å². The number of nitrogens with two attached hydrogens (primary N) is 1. The molecule has 1 saturated heterocycles. The van der Waals surface area contributed by atoms with Gasteiger partial charge in [-0.1, -0.05) is 0 Å². The molecule has 0 atom stereocenters. The van der Waals surface area contributed by atoms with Crippen LogP contribution < -0.4 is 5.73 Å². The van der Waals surface area contributed by atoms with Gasteiger partial charge in [0.05, 0.1) is 18.0 Å². The van der Waals surface area contributed by atoms with E-state index in [2.05, 4.69) is 6.07 Å². The number of primary amides is 1. The minimum absolute atomic E-state index is 0.200. The Morgan fingerprint density at radius 2 is 2.15 bits per heavy atom. The van der Waals surface area contributed by atoms with Gasteiger partial charge in [0.1, 0.15) is 0 Å². The fraction of sp³-hybridized carbons (Fsp3) is 0.778. The lowest BCUT2D eigenvalue weighted by Gasteiger charge is -2.34. The van der Waals surface area contributed by atoms with Crippen molar-refractivity contribution in [2.24, 2.45) is 11.1 Å². The smallest absolute Gasteiger partial charge is 0.231 e. The molecular weight excluding hydrogens is 166 g/mol. The molecule has 4 nitrogen and oxygen atoms in total. The number of rotatable bonds is 2. The van der Waals surface area contributed by atoms with Gasteiger partial charge in [-0.3, -0.25) is 9.69 Å². The van der Waals surface area contributed by atoms with Crippen LogP contribution in [0.4, 0.5) is 0 Å². The van der Waals surface area contributed by atoms with Gasteiger partial charge in [0.15, 0.2) is 0 Å². The molecule has 1 aliphatic heterocycles. The molecule has 13 heavy (non-hydrogen) atoms. The van der Waals surface area contributed by atoms with Crippen LogP contribution in [0, 0.1) is 16.7 Å². The number of piperidine rings is 1. The number of hydrogen-bond acceptors (Lipinski definition) is 3. The maximum Gasteiger partial charge on any atom is 0.231 e. The third-order valence-corrected chi connectivity index (χ3v) is 2.61. The molecular formula is C9H15N3O. The van der Waals surface area contributed by atoms with E-state index in [1.807, 2.05) is 11.8 Å². The first-order valence-corrected chi connectivity index (χ1v) is 4.48. The molecule has 0 aromatic rings. The van der Waals surface area contributed by atoms with Gasteiger partial charge in [0.2, 0.25) is 5.91 Å². The third-order valence-electron chi connectivity index (χ3n) is 2.61. The van der Waals surface area contributed by atoms with Gasteiger partial charge in [0, 0.05) is 13.1 Å². The van der Waals surface area contributed by atoms with Crippen molar-refractivity contribution in [2.75, 3.05) is 19.6 Å². The Morgan fingerprint density at radius 3 is 2.54 bits per heavy atom. The summed E-state index contributed by atoms with van der Waals surface area (Å²) in [6, 6.07) is 2.31. The average Bonchev–Trinajstić information content (AvgIpc) is 2.09. The Kier molecular flexibility index (Phi) is 2.89. The number of carbonyl (C=O) groups excluding carboxylic acids is 1. The Bertz CT molecular complexity index is 236. The van der Waals surface area contributed by atoms with Crippen molar-refractivity contribution in [3.8, 4) is 6.07 Å². The van der Waals surface area contributed by atoms with Crippen molar-refractivity contribution in [3.05, 3.63) is 0 Å². The van der Waals surface area contributed by atoms with E-state index in [9.17, 15) is 4.79 Å². The van der Waals surface area contributed by atoms with Crippen LogP contribution in [0.15, 0.2) is 0 Å². The lowest BCUT2D eigenvalue weighted by molar-refractivity contribution is -0.119. The van der Waals surface area contributed by atoms with Crippen LogP contribution in [0.5, 0.6) is 0 Å². The first kappa shape index (κ1) is 10.0. The molecule has 0 bridgehead atoms. The van der Waals surface area contributed by atoms with E-state index in [1.165, 1.54) is 0 Å². The summed E-state index contributed by atoms with van der Waals surface area (Å²) < 4.78 is 0. The largest absolute Gasteiger partial charge is 0.369 e. The van der Waals surface area contributed by atoms with Crippen LogP contribution in [0.1, 0.15) is 19.8 Å². The molecule has 1 rings (SSSR count). The SMILES string of the molecule is CC1(C#N)CCN(CC(N)=O)CC1. The summed E-state index contributed by atoms with van der Waals surface area (Å²) in [5, 5.41) is 8.86. The molecule has 1 amide bonds. The molecule has 0 unspecified atom stereocenters. The molecule has 72 valence electrons. The topological polar surface area (TPSA) is 70.1 Å². The standard InChI is InChI=1S/C9H15N3O/c1-9(7-10)2-4-12(5-3-9)6-8(11)13/h2-6H2,1H3,(H2,11,13). The van der Waals surface area contributed by atoms with Crippen LogP contribution in [0.2, 0.25) is 0 Å². The van der Waals surface area contributed by atoms with E-state index >= 15 is 0 Å². The summed E-state index contributed by atoms with van der Waals surface area (Å²) in [6.45, 7) is 3.89. The van der Waals surface area contributed by atoms with E-state index < -0.39 is 0 Å². The molecule has 0 aliphatic carbocycles. The summed E-state index contributed by atoms with van der Waals surface area (Å²) >= 11 is 0. The summed E-state index contributed by atoms with van der Waals surface area (Å²) in [5.74, 6) is -0.291. The molecule has 0 spiro atoms. The quantitative estimate of drug-likeness (QED) is 0.656. The summed E-state index contributed by atoms with van der Waals surface area (Å²) in [4.78, 5) is 12.6. The monoisotopic (exact) mass is 181 g/mol. The predicted octanol–water partition coefficient (Wildman–Crippen LogP) is 0.0974. The number of nitriles is 1. The highest BCUT2D eigenvalue weighted by Crippen LogP contribution is 2.29. The van der Waals surface area contributed by atoms with Crippen molar-refractivity contribution >= 4 is 5.91 Å². The lowest BCUT2D eigenvalue weighted by Crippen LogP contribution is -2.42. The van der Waals surface area contributed by atoms with Gasteiger partial charge >= 0.3 is 0 Å². The minimum atomic E-state index is -0.291. The second-order valence-corrected chi connectivity index (χ2v) is 3.91. The molecule has 1 aliphatic rings. The molecule has 1 heterocycles. The van der Waals surface area contributed by atoms with Crippen LogP contribution in [-0.4, -0.2) is 30.4 Å². The molecule has 1 fully saturated rings. The van der Waals surface area contributed by atoms with E-state index in [0.717, 1.165) is 25.9 Å². The fourth-order valence-corrected chi connectivity index (χ4v) is 1.54. The average molecular weight is 181 g/mol. The number of amides is 1. The highest BCUT2D eigenvalue weighted by atomic mass is 16.1. The first-order valence-electron chi connectivity index (χ1n) is 4.48. The molecule has 0 aromatic heterocycles. The van der Waals surface area contributed by atoms with E-state index in [4.69, 9.17) is 11.0 Å². The molecule has 0 aromatic carbocycles. The Hall–Kier alpha value is -1.08.